The molecule has 0 fully saturated rings. The van der Waals surface area contributed by atoms with E-state index in [1.165, 1.54) is 5.57 Å². The van der Waals surface area contributed by atoms with Crippen molar-refractivity contribution in [2.24, 2.45) is 5.92 Å². The van der Waals surface area contributed by atoms with Crippen molar-refractivity contribution in [3.05, 3.63) is 23.6 Å². The van der Waals surface area contributed by atoms with Gasteiger partial charge in [-0.3, -0.25) is 0 Å². The first-order chi connectivity index (χ1) is 5.25. The van der Waals surface area contributed by atoms with Crippen molar-refractivity contribution in [3.8, 4) is 0 Å². The Morgan fingerprint density at radius 2 is 2.36 bits per heavy atom. The molecule has 1 atom stereocenters. The van der Waals surface area contributed by atoms with Gasteiger partial charge in [-0.1, -0.05) is 0 Å². The van der Waals surface area contributed by atoms with Gasteiger partial charge in [-0.05, 0) is 0 Å². The van der Waals surface area contributed by atoms with Crippen LogP contribution < -0.4 is 0 Å². The third-order valence-corrected chi connectivity index (χ3v) is 2.14. The fourth-order valence-corrected chi connectivity index (χ4v) is 1.18. The Kier molecular flexibility index (Phi) is 2.92. The van der Waals surface area contributed by atoms with Gasteiger partial charge >= 0.3 is 70.0 Å². The molecular weight excluding hydrogens is 130 g/mol. The molecule has 1 unspecified atom stereocenters. The van der Waals surface area contributed by atoms with E-state index in [4.69, 9.17) is 7.49 Å². The van der Waals surface area contributed by atoms with Crippen LogP contribution >= 0.6 is 0 Å². The zero-order chi connectivity index (χ0) is 8.27. The zero-order valence-corrected chi connectivity index (χ0v) is 7.17. The number of hydrogen-bond donors (Lipinski definition) is 0. The predicted molar refractivity (Wildman–Crippen MR) is 53.2 cm³/mol. The van der Waals surface area contributed by atoms with Gasteiger partial charge in [0.2, 0.25) is 0 Å². The molecule has 2 radical (unpaired) electrons. The Morgan fingerprint density at radius 1 is 1.64 bits per heavy atom. The average molecular weight is 142 g/mol. The van der Waals surface area contributed by atoms with Gasteiger partial charge in [-0.15, -0.1) is 0 Å². The molecule has 0 aromatic heterocycles. The van der Waals surface area contributed by atoms with E-state index in [1.807, 2.05) is 19.3 Å². The average Bonchev–Trinajstić information content (AvgIpc) is 2.04. The Balaban J connectivity index is 2.71. The molecule has 0 bridgehead atoms. The Bertz CT molecular complexity index is 214. The summed E-state index contributed by atoms with van der Waals surface area (Å²) in [5.74, 6) is 4.65. The minimum absolute atomic E-state index is 0.580. The molecule has 1 aliphatic heterocycles. The van der Waals surface area contributed by atoms with Gasteiger partial charge in [-0.25, -0.2) is 0 Å². The van der Waals surface area contributed by atoms with Gasteiger partial charge < -0.3 is 0 Å². The number of hydrogen-bond acceptors (Lipinski definition) is 0. The minimum atomic E-state index is 0.580. The summed E-state index contributed by atoms with van der Waals surface area (Å²) >= 11 is 0. The van der Waals surface area contributed by atoms with E-state index in [2.05, 4.69) is 19.8 Å². The number of allylic oxidation sites excluding steroid dienone is 2. The topological polar surface area (TPSA) is 0 Å². The van der Waals surface area contributed by atoms with E-state index >= 15 is 0 Å². The summed E-state index contributed by atoms with van der Waals surface area (Å²) < 4.78 is 0. The summed E-state index contributed by atoms with van der Waals surface area (Å²) in [5.41, 5.74) is 2.19. The van der Waals surface area contributed by atoms with Crippen LogP contribution in [-0.2, 0) is 0 Å². The second kappa shape index (κ2) is 3.75. The van der Waals surface area contributed by atoms with Crippen LogP contribution in [0.3, 0.4) is 0 Å². The second-order valence-corrected chi connectivity index (χ2v) is 2.94. The van der Waals surface area contributed by atoms with Crippen LogP contribution in [0, 0.1) is 5.92 Å². The zero-order valence-electron chi connectivity index (χ0n) is 7.17. The van der Waals surface area contributed by atoms with Crippen LogP contribution in [0.2, 0.25) is 0 Å². The fourth-order valence-electron chi connectivity index (χ4n) is 1.18. The van der Waals surface area contributed by atoms with Crippen molar-refractivity contribution in [3.63, 3.8) is 0 Å². The molecule has 0 N–H and O–H groups in total. The normalized spacial score (nSPS) is 19.0. The maximum absolute atomic E-state index is 5.80. The monoisotopic (exact) mass is 142 g/mol. The first kappa shape index (κ1) is 8.58. The SMILES string of the molecule is [B]=C1C=C[B]C=C1C(C)CC. The van der Waals surface area contributed by atoms with Crippen LogP contribution in [0.1, 0.15) is 20.3 Å². The molecular formula is C9H12B2. The third-order valence-electron chi connectivity index (χ3n) is 2.14. The van der Waals surface area contributed by atoms with E-state index in [0.29, 0.717) is 5.92 Å². The van der Waals surface area contributed by atoms with E-state index in [9.17, 15) is 0 Å². The molecule has 0 aromatic rings. The molecule has 1 rings (SSSR count). The van der Waals surface area contributed by atoms with E-state index < -0.39 is 0 Å². The standard InChI is InChI=1S/C9H12B2/c1-3-7(2)8-6-11-5-4-9(8)10/h4-7H,3H2,1-2H3. The summed E-state index contributed by atoms with van der Waals surface area (Å²) in [6, 6.07) is 0. The third kappa shape index (κ3) is 1.95. The molecule has 2 heteroatoms. The molecule has 0 saturated carbocycles. The first-order valence-electron chi connectivity index (χ1n) is 4.10. The van der Waals surface area contributed by atoms with E-state index in [-0.39, 0.29) is 0 Å². The summed E-state index contributed by atoms with van der Waals surface area (Å²) in [4.78, 5) is 0. The second-order valence-electron chi connectivity index (χ2n) is 2.94. The van der Waals surface area contributed by atoms with Gasteiger partial charge in [0.05, 0.1) is 0 Å². The van der Waals surface area contributed by atoms with Crippen molar-refractivity contribution in [2.75, 3.05) is 0 Å². The molecule has 0 aliphatic carbocycles. The van der Waals surface area contributed by atoms with Gasteiger partial charge in [0.15, 0.2) is 0 Å². The summed E-state index contributed by atoms with van der Waals surface area (Å²) in [6.07, 6.45) is 3.11. The Hall–Kier alpha value is -0.520. The summed E-state index contributed by atoms with van der Waals surface area (Å²) in [5, 5.41) is 0. The van der Waals surface area contributed by atoms with Crippen LogP contribution in [0.25, 0.3) is 0 Å². The van der Waals surface area contributed by atoms with Crippen LogP contribution in [0.5, 0.6) is 0 Å². The maximum atomic E-state index is 5.80. The fraction of sp³-hybridized carbons (Fsp3) is 0.444. The summed E-state index contributed by atoms with van der Waals surface area (Å²) in [7, 11) is 7.84. The first-order valence-corrected chi connectivity index (χ1v) is 4.10. The van der Waals surface area contributed by atoms with Crippen LogP contribution in [-0.4, -0.2) is 20.2 Å². The van der Waals surface area contributed by atoms with Crippen LogP contribution in [0.4, 0.5) is 0 Å². The molecule has 54 valence electrons. The quantitative estimate of drug-likeness (QED) is 0.512. The van der Waals surface area contributed by atoms with Crippen molar-refractivity contribution in [2.45, 2.75) is 20.3 Å². The van der Waals surface area contributed by atoms with Gasteiger partial charge in [0.25, 0.3) is 0 Å². The van der Waals surface area contributed by atoms with Crippen molar-refractivity contribution < 1.29 is 0 Å². The molecule has 0 spiro atoms. The molecule has 1 aliphatic rings. The van der Waals surface area contributed by atoms with Gasteiger partial charge in [0, 0.05) is 0 Å². The van der Waals surface area contributed by atoms with Crippen molar-refractivity contribution in [1.82, 2.24) is 0 Å². The molecule has 0 amide bonds. The number of rotatable bonds is 2. The predicted octanol–water partition coefficient (Wildman–Crippen LogP) is 1.49. The Labute approximate surface area is 70.7 Å². The Morgan fingerprint density at radius 3 is 2.91 bits per heavy atom. The summed E-state index contributed by atoms with van der Waals surface area (Å²) in [6.45, 7) is 4.38. The van der Waals surface area contributed by atoms with Gasteiger partial charge in [-0.2, -0.15) is 0 Å². The molecule has 0 aromatic carbocycles. The molecule has 11 heavy (non-hydrogen) atoms. The van der Waals surface area contributed by atoms with Crippen molar-refractivity contribution in [1.29, 1.82) is 0 Å². The van der Waals surface area contributed by atoms with Crippen LogP contribution in [0.15, 0.2) is 23.6 Å². The van der Waals surface area contributed by atoms with E-state index in [1.54, 1.807) is 0 Å². The molecule has 0 nitrogen and oxygen atoms in total. The molecule has 0 saturated heterocycles. The van der Waals surface area contributed by atoms with Gasteiger partial charge in [0.1, 0.15) is 0 Å². The molecule has 1 heterocycles. The van der Waals surface area contributed by atoms with E-state index in [0.717, 1.165) is 11.9 Å². The van der Waals surface area contributed by atoms with Crippen molar-refractivity contribution >= 4 is 20.2 Å².